The van der Waals surface area contributed by atoms with Gasteiger partial charge in [-0.2, -0.15) is 18.3 Å². The Morgan fingerprint density at radius 1 is 1.26 bits per heavy atom. The van der Waals surface area contributed by atoms with E-state index in [1.807, 2.05) is 0 Å². The summed E-state index contributed by atoms with van der Waals surface area (Å²) in [5, 5.41) is 10.0. The SMILES string of the molecule is CC(C)(N)C(=O)N[C@H](COCc1ccc(F)cc1F)C(=O)N1CCC2=NN(CC(F)(F)F)C(=O)[C@]2(CC2C=CC=CN2)C1. The average Bonchev–Trinajstić information content (AvgIpc) is 3.17. The number of dihydropyridines is 1. The monoisotopic (exact) mass is 612 g/mol. The number of amides is 3. The smallest absolute Gasteiger partial charge is 0.385 e. The lowest BCUT2D eigenvalue weighted by Crippen LogP contribution is -2.62. The highest BCUT2D eigenvalue weighted by atomic mass is 19.4. The third-order valence-electron chi connectivity index (χ3n) is 7.33. The van der Waals surface area contributed by atoms with Crippen LogP contribution in [0.2, 0.25) is 0 Å². The van der Waals surface area contributed by atoms with Gasteiger partial charge in [-0.3, -0.25) is 14.4 Å². The molecule has 0 spiro atoms. The fourth-order valence-electron chi connectivity index (χ4n) is 5.14. The summed E-state index contributed by atoms with van der Waals surface area (Å²) < 4.78 is 72.8. The van der Waals surface area contributed by atoms with Crippen molar-refractivity contribution >= 4 is 23.4 Å². The highest BCUT2D eigenvalue weighted by Gasteiger charge is 2.56. The van der Waals surface area contributed by atoms with Gasteiger partial charge in [-0.1, -0.05) is 18.2 Å². The van der Waals surface area contributed by atoms with Gasteiger partial charge in [-0.25, -0.2) is 13.8 Å². The van der Waals surface area contributed by atoms with Crippen molar-refractivity contribution < 1.29 is 41.1 Å². The summed E-state index contributed by atoms with van der Waals surface area (Å²) in [4.78, 5) is 41.4. The largest absolute Gasteiger partial charge is 0.408 e. The number of carbonyl (C=O) groups is 3. The number of benzene rings is 1. The Morgan fingerprint density at radius 3 is 2.63 bits per heavy atom. The van der Waals surface area contributed by atoms with Gasteiger partial charge in [-0.15, -0.1) is 0 Å². The molecule has 0 bridgehead atoms. The number of nitrogens with zero attached hydrogens (tertiary/aromatic N) is 3. The summed E-state index contributed by atoms with van der Waals surface area (Å²) in [5.41, 5.74) is 3.21. The van der Waals surface area contributed by atoms with E-state index in [2.05, 4.69) is 15.7 Å². The Labute approximate surface area is 244 Å². The maximum atomic E-state index is 14.1. The molecule has 234 valence electrons. The van der Waals surface area contributed by atoms with Gasteiger partial charge in [0.2, 0.25) is 11.8 Å². The molecule has 1 aromatic carbocycles. The molecule has 1 unspecified atom stereocenters. The van der Waals surface area contributed by atoms with E-state index in [1.54, 1.807) is 24.4 Å². The van der Waals surface area contributed by atoms with Crippen molar-refractivity contribution in [3.8, 4) is 0 Å². The summed E-state index contributed by atoms with van der Waals surface area (Å²) in [7, 11) is 0. The molecule has 1 saturated heterocycles. The number of carbonyl (C=O) groups excluding carboxylic acids is 3. The normalized spacial score (nSPS) is 22.7. The van der Waals surface area contributed by atoms with Crippen LogP contribution in [0.25, 0.3) is 0 Å². The number of fused-ring (bicyclic) bond motifs is 1. The van der Waals surface area contributed by atoms with E-state index in [-0.39, 0.29) is 43.8 Å². The predicted octanol–water partition coefficient (Wildman–Crippen LogP) is 2.11. The topological polar surface area (TPSA) is 129 Å². The average molecular weight is 613 g/mol. The molecule has 3 aliphatic rings. The van der Waals surface area contributed by atoms with E-state index in [1.165, 1.54) is 24.8 Å². The van der Waals surface area contributed by atoms with Crippen molar-refractivity contribution in [2.45, 2.75) is 57.1 Å². The zero-order valence-electron chi connectivity index (χ0n) is 23.6. The van der Waals surface area contributed by atoms with Crippen LogP contribution in [0.1, 0.15) is 32.3 Å². The van der Waals surface area contributed by atoms with E-state index in [4.69, 9.17) is 10.5 Å². The van der Waals surface area contributed by atoms with Crippen LogP contribution in [-0.2, 0) is 25.7 Å². The van der Waals surface area contributed by atoms with Gasteiger partial charge in [0.1, 0.15) is 29.6 Å². The highest BCUT2D eigenvalue weighted by molar-refractivity contribution is 6.13. The van der Waals surface area contributed by atoms with Crippen LogP contribution >= 0.6 is 0 Å². The van der Waals surface area contributed by atoms with Gasteiger partial charge in [0.15, 0.2) is 0 Å². The summed E-state index contributed by atoms with van der Waals surface area (Å²) in [5.74, 6) is -3.89. The molecule has 1 aromatic rings. The number of hydrogen-bond acceptors (Lipinski definition) is 7. The Kier molecular flexibility index (Phi) is 9.25. The van der Waals surface area contributed by atoms with Crippen molar-refractivity contribution in [3.63, 3.8) is 0 Å². The summed E-state index contributed by atoms with van der Waals surface area (Å²) in [6.45, 7) is 0.191. The lowest BCUT2D eigenvalue weighted by molar-refractivity contribution is -0.164. The second-order valence-electron chi connectivity index (χ2n) is 11.3. The zero-order chi connectivity index (χ0) is 31.6. The van der Waals surface area contributed by atoms with Crippen LogP contribution in [0.3, 0.4) is 0 Å². The molecule has 1 fully saturated rings. The van der Waals surface area contributed by atoms with Gasteiger partial charge in [-0.05, 0) is 38.6 Å². The third kappa shape index (κ3) is 7.57. The van der Waals surface area contributed by atoms with Crippen LogP contribution < -0.4 is 16.4 Å². The number of nitrogens with two attached hydrogens (primary N) is 1. The fraction of sp³-hybridized carbons (Fsp3) is 0.500. The number of piperidine rings is 1. The van der Waals surface area contributed by atoms with Gasteiger partial charge >= 0.3 is 6.18 Å². The predicted molar refractivity (Wildman–Crippen MR) is 145 cm³/mol. The third-order valence-corrected chi connectivity index (χ3v) is 7.33. The minimum atomic E-state index is -4.69. The first-order chi connectivity index (χ1) is 20.1. The molecule has 15 heteroatoms. The quantitative estimate of drug-likeness (QED) is 0.348. The summed E-state index contributed by atoms with van der Waals surface area (Å²) in [6, 6.07) is 1.14. The number of allylic oxidation sites excluding steroid dienone is 2. The first kappa shape index (κ1) is 32.1. The number of rotatable bonds is 10. The molecule has 0 saturated carbocycles. The van der Waals surface area contributed by atoms with Gasteiger partial charge < -0.3 is 26.0 Å². The zero-order valence-corrected chi connectivity index (χ0v) is 23.6. The van der Waals surface area contributed by atoms with Crippen molar-refractivity contribution in [3.05, 3.63) is 59.8 Å². The second-order valence-corrected chi connectivity index (χ2v) is 11.3. The number of halogens is 5. The van der Waals surface area contributed by atoms with Gasteiger partial charge in [0, 0.05) is 37.2 Å². The molecule has 0 aromatic heterocycles. The van der Waals surface area contributed by atoms with Crippen LogP contribution in [0.5, 0.6) is 0 Å². The molecule has 43 heavy (non-hydrogen) atoms. The first-order valence-electron chi connectivity index (χ1n) is 13.6. The van der Waals surface area contributed by atoms with Crippen LogP contribution in [0.15, 0.2) is 47.7 Å². The maximum absolute atomic E-state index is 14.1. The standard InChI is InChI=1S/C28H33F5N6O4/c1-26(2,34)24(41)36-21(14-43-13-17-6-7-18(29)11-20(17)30)23(40)38-10-8-22-27(15-38,12-19-5-3-4-9-35-19)25(42)39(37-22)16-28(31,32)33/h3-7,9,11,19,21,35H,8,10,12-16,34H2,1-2H3,(H,36,41)/t19?,21-,27-/m1/s1. The summed E-state index contributed by atoms with van der Waals surface area (Å²) in [6.07, 6.45) is 2.19. The highest BCUT2D eigenvalue weighted by Crippen LogP contribution is 2.41. The number of ether oxygens (including phenoxy) is 1. The molecule has 4 rings (SSSR count). The van der Waals surface area contributed by atoms with Crippen molar-refractivity contribution in [2.75, 3.05) is 26.2 Å². The number of nitrogens with one attached hydrogen (secondary N) is 2. The first-order valence-corrected chi connectivity index (χ1v) is 13.6. The molecule has 3 heterocycles. The minimum absolute atomic E-state index is 0.00533. The van der Waals surface area contributed by atoms with E-state index < -0.39 is 71.7 Å². The van der Waals surface area contributed by atoms with Crippen molar-refractivity contribution in [1.82, 2.24) is 20.5 Å². The van der Waals surface area contributed by atoms with Gasteiger partial charge in [0.05, 0.1) is 24.5 Å². The molecule has 3 amide bonds. The van der Waals surface area contributed by atoms with E-state index in [0.717, 1.165) is 6.07 Å². The second kappa shape index (κ2) is 12.4. The van der Waals surface area contributed by atoms with Crippen molar-refractivity contribution in [1.29, 1.82) is 0 Å². The molecule has 0 aliphatic carbocycles. The molecule has 4 N–H and O–H groups in total. The van der Waals surface area contributed by atoms with Crippen LogP contribution in [-0.4, -0.2) is 83.4 Å². The van der Waals surface area contributed by atoms with E-state index in [0.29, 0.717) is 11.1 Å². The molecule has 0 radical (unpaired) electrons. The Bertz CT molecular complexity index is 1340. The Hall–Kier alpha value is -3.85. The number of hydrogen-bond donors (Lipinski definition) is 3. The molecule has 3 aliphatic heterocycles. The molecule has 10 nitrogen and oxygen atoms in total. The lowest BCUT2D eigenvalue weighted by atomic mass is 9.73. The molecular formula is C28H33F5N6O4. The summed E-state index contributed by atoms with van der Waals surface area (Å²) >= 11 is 0. The maximum Gasteiger partial charge on any atom is 0.408 e. The Morgan fingerprint density at radius 2 is 2.00 bits per heavy atom. The Balaban J connectivity index is 1.57. The van der Waals surface area contributed by atoms with Crippen molar-refractivity contribution in [2.24, 2.45) is 16.3 Å². The minimum Gasteiger partial charge on any atom is -0.385 e. The molecule has 3 atom stereocenters. The van der Waals surface area contributed by atoms with E-state index in [9.17, 15) is 36.3 Å². The van der Waals surface area contributed by atoms with Gasteiger partial charge in [0.25, 0.3) is 5.91 Å². The van der Waals surface area contributed by atoms with Crippen LogP contribution in [0, 0.1) is 17.0 Å². The van der Waals surface area contributed by atoms with Crippen LogP contribution in [0.4, 0.5) is 22.0 Å². The number of hydrazone groups is 1. The number of alkyl halides is 3. The fourth-order valence-corrected chi connectivity index (χ4v) is 5.14. The van der Waals surface area contributed by atoms with E-state index >= 15 is 0 Å². The lowest BCUT2D eigenvalue weighted by Gasteiger charge is -2.42. The number of likely N-dealkylation sites (tertiary alicyclic amines) is 1. The molecular weight excluding hydrogens is 579 g/mol.